The van der Waals surface area contributed by atoms with Crippen molar-refractivity contribution >= 4 is 11.8 Å². The number of hydrogen-bond acceptors (Lipinski definition) is 5. The number of amides is 2. The van der Waals surface area contributed by atoms with E-state index in [-0.39, 0.29) is 17.9 Å². The molecular weight excluding hydrogens is 346 g/mol. The lowest BCUT2D eigenvalue weighted by atomic mass is 10.2. The molecule has 0 radical (unpaired) electrons. The summed E-state index contributed by atoms with van der Waals surface area (Å²) < 4.78 is 10.4. The lowest BCUT2D eigenvalue weighted by Gasteiger charge is -2.37. The number of benzene rings is 1. The quantitative estimate of drug-likeness (QED) is 0.837. The van der Waals surface area contributed by atoms with Gasteiger partial charge in [0, 0.05) is 32.7 Å². The zero-order chi connectivity index (χ0) is 19.2. The summed E-state index contributed by atoms with van der Waals surface area (Å²) in [6.45, 7) is 4.81. The predicted molar refractivity (Wildman–Crippen MR) is 100 cm³/mol. The third-order valence-electron chi connectivity index (χ3n) is 4.86. The molecule has 7 nitrogen and oxygen atoms in total. The molecule has 2 aromatic rings. The van der Waals surface area contributed by atoms with Crippen molar-refractivity contribution in [1.82, 2.24) is 15.1 Å². The second kappa shape index (κ2) is 8.73. The second-order valence-corrected chi connectivity index (χ2v) is 6.55. The molecule has 3 rings (SSSR count). The van der Waals surface area contributed by atoms with Gasteiger partial charge in [-0.2, -0.15) is 0 Å². The van der Waals surface area contributed by atoms with Crippen LogP contribution in [0, 0.1) is 0 Å². The van der Waals surface area contributed by atoms with Gasteiger partial charge < -0.3 is 19.4 Å². The van der Waals surface area contributed by atoms with Crippen molar-refractivity contribution in [3.63, 3.8) is 0 Å². The first-order valence-electron chi connectivity index (χ1n) is 9.06. The maximum atomic E-state index is 12.5. The Bertz CT molecular complexity index is 767. The molecule has 7 heteroatoms. The van der Waals surface area contributed by atoms with E-state index in [1.165, 1.54) is 6.26 Å². The average molecular weight is 371 g/mol. The van der Waals surface area contributed by atoms with E-state index in [0.29, 0.717) is 38.5 Å². The van der Waals surface area contributed by atoms with Gasteiger partial charge in [0.25, 0.3) is 5.91 Å². The molecule has 1 saturated heterocycles. The van der Waals surface area contributed by atoms with E-state index in [4.69, 9.17) is 9.15 Å². The summed E-state index contributed by atoms with van der Waals surface area (Å²) in [5, 5.41) is 2.97. The van der Waals surface area contributed by atoms with Gasteiger partial charge in [-0.05, 0) is 36.8 Å². The molecule has 2 heterocycles. The van der Waals surface area contributed by atoms with Gasteiger partial charge in [-0.1, -0.05) is 12.1 Å². The van der Waals surface area contributed by atoms with Crippen LogP contribution in [0.25, 0.3) is 0 Å². The van der Waals surface area contributed by atoms with Crippen molar-refractivity contribution in [2.75, 3.05) is 33.3 Å². The summed E-state index contributed by atoms with van der Waals surface area (Å²) in [6, 6.07) is 10.8. The summed E-state index contributed by atoms with van der Waals surface area (Å²) >= 11 is 0. The highest BCUT2D eigenvalue weighted by Gasteiger charge is 2.28. The average Bonchev–Trinajstić information content (AvgIpc) is 3.26. The Morgan fingerprint density at radius 1 is 1.19 bits per heavy atom. The molecule has 1 aromatic carbocycles. The van der Waals surface area contributed by atoms with Gasteiger partial charge in [-0.15, -0.1) is 0 Å². The predicted octanol–water partition coefficient (Wildman–Crippen LogP) is 1.75. The van der Waals surface area contributed by atoms with E-state index in [1.54, 1.807) is 24.1 Å². The lowest BCUT2D eigenvalue weighted by Crippen LogP contribution is -2.54. The number of hydrogen-bond donors (Lipinski definition) is 1. The van der Waals surface area contributed by atoms with Crippen LogP contribution in [0.5, 0.6) is 5.75 Å². The Morgan fingerprint density at radius 3 is 2.63 bits per heavy atom. The molecule has 1 aliphatic heterocycles. The van der Waals surface area contributed by atoms with Crippen molar-refractivity contribution in [3.8, 4) is 5.75 Å². The maximum absolute atomic E-state index is 12.5. The van der Waals surface area contributed by atoms with Gasteiger partial charge in [0.05, 0.1) is 19.4 Å². The molecule has 2 amide bonds. The van der Waals surface area contributed by atoms with Crippen LogP contribution in [0.1, 0.15) is 23.0 Å². The molecular formula is C20H25N3O4. The number of nitrogens with zero attached hydrogens (tertiary/aromatic N) is 2. The number of rotatable bonds is 6. The van der Waals surface area contributed by atoms with Crippen molar-refractivity contribution in [2.45, 2.75) is 19.5 Å². The fourth-order valence-corrected chi connectivity index (χ4v) is 3.15. The minimum atomic E-state index is -0.253. The molecule has 1 atom stereocenters. The number of methoxy groups -OCH3 is 1. The van der Waals surface area contributed by atoms with Gasteiger partial charge in [0.2, 0.25) is 5.91 Å². The maximum Gasteiger partial charge on any atom is 0.289 e. The first-order chi connectivity index (χ1) is 13.1. The summed E-state index contributed by atoms with van der Waals surface area (Å²) in [4.78, 5) is 28.6. The summed E-state index contributed by atoms with van der Waals surface area (Å²) in [5.74, 6) is 0.998. The van der Waals surface area contributed by atoms with Crippen LogP contribution in [0.4, 0.5) is 0 Å². The first-order valence-corrected chi connectivity index (χ1v) is 9.06. The van der Waals surface area contributed by atoms with Crippen molar-refractivity contribution < 1.29 is 18.7 Å². The Morgan fingerprint density at radius 2 is 1.96 bits per heavy atom. The fraction of sp³-hybridized carbons (Fsp3) is 0.400. The third kappa shape index (κ3) is 4.68. The molecule has 1 aliphatic rings. The van der Waals surface area contributed by atoms with Crippen molar-refractivity contribution in [1.29, 1.82) is 0 Å². The van der Waals surface area contributed by atoms with E-state index in [1.807, 2.05) is 31.2 Å². The monoisotopic (exact) mass is 371 g/mol. The van der Waals surface area contributed by atoms with Crippen LogP contribution in [0.15, 0.2) is 47.1 Å². The van der Waals surface area contributed by atoms with Crippen LogP contribution in [0.2, 0.25) is 0 Å². The fourth-order valence-electron chi connectivity index (χ4n) is 3.15. The van der Waals surface area contributed by atoms with Gasteiger partial charge in [0.15, 0.2) is 5.76 Å². The number of piperazine rings is 1. The normalized spacial score (nSPS) is 16.0. The number of carbonyl (C=O) groups excluding carboxylic acids is 2. The van der Waals surface area contributed by atoms with Gasteiger partial charge in [-0.25, -0.2) is 0 Å². The van der Waals surface area contributed by atoms with Crippen LogP contribution in [-0.4, -0.2) is 60.9 Å². The standard InChI is InChI=1S/C20H25N3O4/c1-15(19(24)21-14-16-5-3-6-17(13-16)26-2)22-8-10-23(11-9-22)20(25)18-7-4-12-27-18/h3-7,12-13,15H,8-11,14H2,1-2H3,(H,21,24). The van der Waals surface area contributed by atoms with E-state index in [0.717, 1.165) is 11.3 Å². The van der Waals surface area contributed by atoms with Gasteiger partial charge in [0.1, 0.15) is 5.75 Å². The highest BCUT2D eigenvalue weighted by molar-refractivity contribution is 5.91. The van der Waals surface area contributed by atoms with E-state index in [2.05, 4.69) is 10.2 Å². The number of furan rings is 1. The highest BCUT2D eigenvalue weighted by atomic mass is 16.5. The summed E-state index contributed by atoms with van der Waals surface area (Å²) in [7, 11) is 1.62. The van der Waals surface area contributed by atoms with Crippen LogP contribution in [0.3, 0.4) is 0 Å². The van der Waals surface area contributed by atoms with E-state index >= 15 is 0 Å². The van der Waals surface area contributed by atoms with Crippen LogP contribution >= 0.6 is 0 Å². The molecule has 0 aliphatic carbocycles. The molecule has 144 valence electrons. The highest BCUT2D eigenvalue weighted by Crippen LogP contribution is 2.13. The summed E-state index contributed by atoms with van der Waals surface area (Å²) in [6.07, 6.45) is 1.50. The molecule has 1 N–H and O–H groups in total. The first kappa shape index (κ1) is 19.0. The minimum Gasteiger partial charge on any atom is -0.497 e. The smallest absolute Gasteiger partial charge is 0.289 e. The lowest BCUT2D eigenvalue weighted by molar-refractivity contribution is -0.126. The van der Waals surface area contributed by atoms with Gasteiger partial charge >= 0.3 is 0 Å². The molecule has 0 bridgehead atoms. The van der Waals surface area contributed by atoms with Crippen molar-refractivity contribution in [2.24, 2.45) is 0 Å². The Balaban J connectivity index is 1.47. The zero-order valence-corrected chi connectivity index (χ0v) is 15.7. The molecule has 1 unspecified atom stereocenters. The molecule has 27 heavy (non-hydrogen) atoms. The number of nitrogens with one attached hydrogen (secondary N) is 1. The number of ether oxygens (including phenoxy) is 1. The SMILES string of the molecule is COc1cccc(CNC(=O)C(C)N2CCN(C(=O)c3ccco3)CC2)c1. The Hall–Kier alpha value is -2.80. The molecule has 1 aromatic heterocycles. The van der Waals surface area contributed by atoms with Crippen molar-refractivity contribution in [3.05, 3.63) is 54.0 Å². The van der Waals surface area contributed by atoms with E-state index in [9.17, 15) is 9.59 Å². The second-order valence-electron chi connectivity index (χ2n) is 6.55. The largest absolute Gasteiger partial charge is 0.497 e. The Kier molecular flexibility index (Phi) is 6.13. The van der Waals surface area contributed by atoms with E-state index < -0.39 is 0 Å². The minimum absolute atomic E-state index is 0.0244. The van der Waals surface area contributed by atoms with Gasteiger partial charge in [-0.3, -0.25) is 14.5 Å². The number of carbonyl (C=O) groups is 2. The molecule has 0 spiro atoms. The molecule has 1 fully saturated rings. The Labute approximate surface area is 158 Å². The molecule has 0 saturated carbocycles. The third-order valence-corrected chi connectivity index (χ3v) is 4.86. The topological polar surface area (TPSA) is 75.0 Å². The zero-order valence-electron chi connectivity index (χ0n) is 15.7. The summed E-state index contributed by atoms with van der Waals surface area (Å²) in [5.41, 5.74) is 0.990. The van der Waals surface area contributed by atoms with Crippen LogP contribution < -0.4 is 10.1 Å². The van der Waals surface area contributed by atoms with Crippen LogP contribution in [-0.2, 0) is 11.3 Å².